The zero-order valence-corrected chi connectivity index (χ0v) is 11.7. The lowest BCUT2D eigenvalue weighted by Gasteiger charge is -2.06. The van der Waals surface area contributed by atoms with Gasteiger partial charge in [0, 0.05) is 23.1 Å². The highest BCUT2D eigenvalue weighted by Crippen LogP contribution is 2.15. The average Bonchev–Trinajstić information content (AvgIpc) is 2.88. The lowest BCUT2D eigenvalue weighted by Crippen LogP contribution is -2.29. The van der Waals surface area contributed by atoms with E-state index >= 15 is 0 Å². The smallest absolute Gasteiger partial charge is 0.238 e. The number of nitrogens with zero attached hydrogens (tertiary/aromatic N) is 2. The van der Waals surface area contributed by atoms with Gasteiger partial charge in [0.1, 0.15) is 0 Å². The normalized spacial score (nSPS) is 10.4. The molecule has 2 aromatic rings. The molecule has 0 saturated carbocycles. The summed E-state index contributed by atoms with van der Waals surface area (Å²) in [7, 11) is 0. The predicted octanol–water partition coefficient (Wildman–Crippen LogP) is 1.60. The summed E-state index contributed by atoms with van der Waals surface area (Å²) in [5.41, 5.74) is 0.762. The van der Waals surface area contributed by atoms with Crippen LogP contribution in [0.25, 0.3) is 0 Å². The van der Waals surface area contributed by atoms with E-state index in [0.29, 0.717) is 18.9 Å². The number of nitrogens with one attached hydrogen (secondary N) is 2. The maximum absolute atomic E-state index is 11.6. The summed E-state index contributed by atoms with van der Waals surface area (Å²) < 4.78 is 5.77. The van der Waals surface area contributed by atoms with Crippen molar-refractivity contribution in [3.05, 3.63) is 41.0 Å². The number of carbonyl (C=O) groups is 1. The van der Waals surface area contributed by atoms with Crippen LogP contribution in [0.4, 0.5) is 5.69 Å². The van der Waals surface area contributed by atoms with Gasteiger partial charge < -0.3 is 15.2 Å². The Kier molecular flexibility index (Phi) is 5.05. The van der Waals surface area contributed by atoms with Crippen LogP contribution in [0.5, 0.6) is 0 Å². The van der Waals surface area contributed by atoms with Crippen LogP contribution in [0.15, 0.2) is 39.6 Å². The van der Waals surface area contributed by atoms with E-state index in [1.807, 2.05) is 24.3 Å². The topological polar surface area (TPSA) is 80.1 Å². The number of hydrogen-bond donors (Lipinski definition) is 2. The fourth-order valence-corrected chi connectivity index (χ4v) is 1.87. The summed E-state index contributed by atoms with van der Waals surface area (Å²) in [4.78, 5) is 15.5. The highest BCUT2D eigenvalue weighted by molar-refractivity contribution is 9.10. The first-order valence-corrected chi connectivity index (χ1v) is 6.55. The first-order valence-electron chi connectivity index (χ1n) is 5.76. The van der Waals surface area contributed by atoms with Gasteiger partial charge in [0.15, 0.2) is 6.33 Å². The molecule has 1 heterocycles. The van der Waals surface area contributed by atoms with Gasteiger partial charge in [-0.05, 0) is 18.2 Å². The third-order valence-corrected chi connectivity index (χ3v) is 2.81. The van der Waals surface area contributed by atoms with Crippen molar-refractivity contribution in [3.8, 4) is 0 Å². The molecular formula is C12H13BrN4O2. The first-order chi connectivity index (χ1) is 9.24. The fourth-order valence-electron chi connectivity index (χ4n) is 1.47. The monoisotopic (exact) mass is 324 g/mol. The van der Waals surface area contributed by atoms with E-state index in [1.54, 1.807) is 0 Å². The number of hydrogen-bond acceptors (Lipinski definition) is 5. The molecule has 1 amide bonds. The van der Waals surface area contributed by atoms with Gasteiger partial charge in [-0.25, -0.2) is 0 Å². The molecule has 0 bridgehead atoms. The van der Waals surface area contributed by atoms with Crippen molar-refractivity contribution in [2.45, 2.75) is 6.42 Å². The number of anilines is 1. The highest BCUT2D eigenvalue weighted by atomic mass is 79.9. The molecule has 2 rings (SSSR count). The number of rotatable bonds is 6. The van der Waals surface area contributed by atoms with Gasteiger partial charge in [-0.1, -0.05) is 27.2 Å². The van der Waals surface area contributed by atoms with Crippen molar-refractivity contribution in [1.82, 2.24) is 15.5 Å². The molecule has 2 N–H and O–H groups in total. The largest absolute Gasteiger partial charge is 0.340 e. The van der Waals surface area contributed by atoms with Crippen molar-refractivity contribution >= 4 is 27.5 Å². The zero-order chi connectivity index (χ0) is 13.5. The number of amides is 1. The molecule has 1 aromatic heterocycles. The lowest BCUT2D eigenvalue weighted by molar-refractivity contribution is -0.115. The second kappa shape index (κ2) is 7.01. The molecule has 0 fully saturated rings. The van der Waals surface area contributed by atoms with E-state index < -0.39 is 0 Å². The molecule has 0 aliphatic rings. The van der Waals surface area contributed by atoms with Gasteiger partial charge in [-0.15, -0.1) is 0 Å². The van der Waals surface area contributed by atoms with Crippen molar-refractivity contribution in [2.75, 3.05) is 18.4 Å². The molecule has 6 nitrogen and oxygen atoms in total. The van der Waals surface area contributed by atoms with E-state index in [-0.39, 0.29) is 12.5 Å². The molecule has 0 aliphatic carbocycles. The van der Waals surface area contributed by atoms with Crippen molar-refractivity contribution < 1.29 is 9.32 Å². The molecule has 100 valence electrons. The summed E-state index contributed by atoms with van der Waals surface area (Å²) in [5, 5.41) is 9.30. The van der Waals surface area contributed by atoms with Gasteiger partial charge >= 0.3 is 0 Å². The Balaban J connectivity index is 1.67. The molecule has 0 radical (unpaired) electrons. The highest BCUT2D eigenvalue weighted by Gasteiger charge is 2.03. The molecular weight excluding hydrogens is 312 g/mol. The summed E-state index contributed by atoms with van der Waals surface area (Å²) in [6, 6.07) is 7.44. The molecule has 1 aromatic carbocycles. The maximum Gasteiger partial charge on any atom is 0.238 e. The van der Waals surface area contributed by atoms with Crippen LogP contribution < -0.4 is 10.6 Å². The third-order valence-electron chi connectivity index (χ3n) is 2.32. The van der Waals surface area contributed by atoms with E-state index in [1.165, 1.54) is 6.33 Å². The summed E-state index contributed by atoms with van der Waals surface area (Å²) in [5.74, 6) is 0.462. The van der Waals surface area contributed by atoms with Crippen LogP contribution in [0, 0.1) is 0 Å². The van der Waals surface area contributed by atoms with Crippen molar-refractivity contribution in [2.24, 2.45) is 0 Å². The van der Waals surface area contributed by atoms with Gasteiger partial charge in [0.2, 0.25) is 11.8 Å². The Labute approximate surface area is 118 Å². The second-order valence-electron chi connectivity index (χ2n) is 3.82. The number of aromatic nitrogens is 2. The maximum atomic E-state index is 11.6. The minimum absolute atomic E-state index is 0.0939. The zero-order valence-electron chi connectivity index (χ0n) is 10.1. The third kappa shape index (κ3) is 4.80. The van der Waals surface area contributed by atoms with Gasteiger partial charge in [0.05, 0.1) is 6.54 Å². The van der Waals surface area contributed by atoms with E-state index in [0.717, 1.165) is 10.2 Å². The molecule has 19 heavy (non-hydrogen) atoms. The minimum Gasteiger partial charge on any atom is -0.340 e. The van der Waals surface area contributed by atoms with Gasteiger partial charge in [-0.3, -0.25) is 4.79 Å². The number of benzene rings is 1. The average molecular weight is 325 g/mol. The predicted molar refractivity (Wildman–Crippen MR) is 73.6 cm³/mol. The van der Waals surface area contributed by atoms with Crippen LogP contribution in [0.1, 0.15) is 5.89 Å². The number of carbonyl (C=O) groups excluding carboxylic acids is 1. The van der Waals surface area contributed by atoms with Gasteiger partial charge in [0.25, 0.3) is 0 Å². The van der Waals surface area contributed by atoms with Crippen molar-refractivity contribution in [1.29, 1.82) is 0 Å². The Morgan fingerprint density at radius 3 is 3.05 bits per heavy atom. The summed E-state index contributed by atoms with van der Waals surface area (Å²) in [6.45, 7) is 0.842. The van der Waals surface area contributed by atoms with E-state index in [9.17, 15) is 4.79 Å². The Bertz CT molecular complexity index is 530. The Morgan fingerprint density at radius 1 is 1.42 bits per heavy atom. The molecule has 7 heteroatoms. The molecule has 0 spiro atoms. The SMILES string of the molecule is O=C(CNCCc1ncno1)Nc1cccc(Br)c1. The number of halogens is 1. The summed E-state index contributed by atoms with van der Waals surface area (Å²) >= 11 is 3.35. The quantitative estimate of drug-likeness (QED) is 0.789. The standard InChI is InChI=1S/C12H13BrN4O2/c13-9-2-1-3-10(6-9)17-11(18)7-14-5-4-12-15-8-16-19-12/h1-3,6,8,14H,4-5,7H2,(H,17,18). The van der Waals surface area contributed by atoms with E-state index in [4.69, 9.17) is 4.52 Å². The van der Waals surface area contributed by atoms with Crippen LogP contribution >= 0.6 is 15.9 Å². The van der Waals surface area contributed by atoms with E-state index in [2.05, 4.69) is 36.7 Å². The molecule has 0 unspecified atom stereocenters. The second-order valence-corrected chi connectivity index (χ2v) is 4.74. The van der Waals surface area contributed by atoms with Crippen LogP contribution in [0.2, 0.25) is 0 Å². The first kappa shape index (κ1) is 13.7. The molecule has 0 saturated heterocycles. The Hall–Kier alpha value is -1.73. The lowest BCUT2D eigenvalue weighted by atomic mass is 10.3. The minimum atomic E-state index is -0.0939. The van der Waals surface area contributed by atoms with Gasteiger partial charge in [-0.2, -0.15) is 4.98 Å². The van der Waals surface area contributed by atoms with Crippen LogP contribution in [-0.2, 0) is 11.2 Å². The fraction of sp³-hybridized carbons (Fsp3) is 0.250. The molecule has 0 atom stereocenters. The Morgan fingerprint density at radius 2 is 2.32 bits per heavy atom. The van der Waals surface area contributed by atoms with Crippen LogP contribution in [-0.4, -0.2) is 29.1 Å². The van der Waals surface area contributed by atoms with Crippen LogP contribution in [0.3, 0.4) is 0 Å². The van der Waals surface area contributed by atoms with Crippen molar-refractivity contribution in [3.63, 3.8) is 0 Å². The summed E-state index contributed by atoms with van der Waals surface area (Å²) in [6.07, 6.45) is 1.96. The molecule has 0 aliphatic heterocycles.